The molecule has 138 valence electrons. The lowest BCUT2D eigenvalue weighted by Gasteiger charge is -2.10. The van der Waals surface area contributed by atoms with Crippen LogP contribution in [0.5, 0.6) is 0 Å². The van der Waals surface area contributed by atoms with Crippen LogP contribution in [-0.2, 0) is 19.3 Å². The molecule has 1 heterocycles. The van der Waals surface area contributed by atoms with Crippen LogP contribution in [0, 0.1) is 6.92 Å². The molecule has 1 aromatic heterocycles. The predicted molar refractivity (Wildman–Crippen MR) is 111 cm³/mol. The fourth-order valence-corrected chi connectivity index (χ4v) is 4.63. The number of aryl methyl sites for hydroxylation is 4. The lowest BCUT2D eigenvalue weighted by molar-refractivity contribution is 0.556. The second-order valence-corrected chi connectivity index (χ2v) is 8.15. The summed E-state index contributed by atoms with van der Waals surface area (Å²) < 4.78 is 0. The van der Waals surface area contributed by atoms with Gasteiger partial charge in [-0.2, -0.15) is 0 Å². The van der Waals surface area contributed by atoms with Crippen molar-refractivity contribution in [3.05, 3.63) is 34.5 Å². The van der Waals surface area contributed by atoms with E-state index in [1.165, 1.54) is 107 Å². The Kier molecular flexibility index (Phi) is 7.02. The van der Waals surface area contributed by atoms with E-state index in [4.69, 9.17) is 0 Å². The third-order valence-electron chi connectivity index (χ3n) is 6.13. The third kappa shape index (κ3) is 4.68. The van der Waals surface area contributed by atoms with Crippen molar-refractivity contribution in [3.63, 3.8) is 0 Å². The Morgan fingerprint density at radius 2 is 1.52 bits per heavy atom. The number of hydrogen-bond donors (Lipinski definition) is 1. The summed E-state index contributed by atoms with van der Waals surface area (Å²) >= 11 is 0. The summed E-state index contributed by atoms with van der Waals surface area (Å²) in [6.07, 6.45) is 19.3. The monoisotopic (exact) mass is 339 g/mol. The van der Waals surface area contributed by atoms with Crippen LogP contribution in [0.15, 0.2) is 12.1 Å². The van der Waals surface area contributed by atoms with E-state index in [2.05, 4.69) is 31.0 Å². The first-order chi connectivity index (χ1) is 12.3. The van der Waals surface area contributed by atoms with Crippen molar-refractivity contribution in [1.82, 2.24) is 4.98 Å². The van der Waals surface area contributed by atoms with Gasteiger partial charge in [0.15, 0.2) is 0 Å². The van der Waals surface area contributed by atoms with Crippen molar-refractivity contribution in [2.75, 3.05) is 0 Å². The molecule has 1 aliphatic carbocycles. The number of aromatic nitrogens is 1. The normalized spacial score (nSPS) is 13.7. The number of aromatic amines is 1. The molecule has 1 aliphatic rings. The maximum Gasteiger partial charge on any atom is 0.0461 e. The summed E-state index contributed by atoms with van der Waals surface area (Å²) in [7, 11) is 0. The number of rotatable bonds is 11. The summed E-state index contributed by atoms with van der Waals surface area (Å²) in [5.74, 6) is 0. The van der Waals surface area contributed by atoms with Gasteiger partial charge in [-0.1, -0.05) is 70.8 Å². The molecule has 0 amide bonds. The highest BCUT2D eigenvalue weighted by Crippen LogP contribution is 2.34. The van der Waals surface area contributed by atoms with Gasteiger partial charge in [0.05, 0.1) is 0 Å². The summed E-state index contributed by atoms with van der Waals surface area (Å²) in [6, 6.07) is 4.62. The van der Waals surface area contributed by atoms with Gasteiger partial charge in [-0.25, -0.2) is 0 Å². The smallest absolute Gasteiger partial charge is 0.0461 e. The summed E-state index contributed by atoms with van der Waals surface area (Å²) in [4.78, 5) is 3.68. The van der Waals surface area contributed by atoms with Gasteiger partial charge < -0.3 is 4.98 Å². The predicted octanol–water partition coefficient (Wildman–Crippen LogP) is 7.43. The van der Waals surface area contributed by atoms with E-state index in [9.17, 15) is 0 Å². The maximum atomic E-state index is 3.68. The van der Waals surface area contributed by atoms with Gasteiger partial charge in [-0.3, -0.25) is 0 Å². The molecule has 0 atom stereocenters. The highest BCUT2D eigenvalue weighted by atomic mass is 14.7. The number of H-pyrrole nitrogens is 1. The van der Waals surface area contributed by atoms with Gasteiger partial charge in [-0.05, 0) is 61.8 Å². The molecular weight excluding hydrogens is 302 g/mol. The van der Waals surface area contributed by atoms with Crippen LogP contribution in [0.1, 0.15) is 99.9 Å². The van der Waals surface area contributed by atoms with Crippen molar-refractivity contribution >= 4 is 10.9 Å². The molecule has 0 spiro atoms. The van der Waals surface area contributed by atoms with Crippen LogP contribution in [-0.4, -0.2) is 4.98 Å². The number of unbranched alkanes of at least 4 members (excludes halogenated alkanes) is 9. The number of benzene rings is 1. The van der Waals surface area contributed by atoms with Crippen LogP contribution in [0.4, 0.5) is 0 Å². The van der Waals surface area contributed by atoms with Gasteiger partial charge in [0.2, 0.25) is 0 Å². The molecule has 1 aromatic carbocycles. The van der Waals surface area contributed by atoms with Gasteiger partial charge >= 0.3 is 0 Å². The van der Waals surface area contributed by atoms with Gasteiger partial charge in [0, 0.05) is 16.6 Å². The van der Waals surface area contributed by atoms with E-state index >= 15 is 0 Å². The van der Waals surface area contributed by atoms with E-state index in [1.54, 1.807) is 16.5 Å². The molecule has 1 nitrogen and oxygen atoms in total. The zero-order valence-corrected chi connectivity index (χ0v) is 16.6. The molecule has 2 aromatic rings. The standard InChI is InChI=1S/C24H37N/c1-3-4-5-6-7-8-9-10-11-12-14-20-19(2)17-18-23-24(20)21-15-13-16-22(21)25-23/h17-18,25H,3-16H2,1-2H3. The van der Waals surface area contributed by atoms with Crippen molar-refractivity contribution in [2.24, 2.45) is 0 Å². The first-order valence-electron chi connectivity index (χ1n) is 10.9. The SMILES string of the molecule is CCCCCCCCCCCCc1c(C)ccc2[nH]c3c(c12)CCC3. The highest BCUT2D eigenvalue weighted by molar-refractivity contribution is 5.89. The van der Waals surface area contributed by atoms with Crippen molar-refractivity contribution in [3.8, 4) is 0 Å². The first-order valence-corrected chi connectivity index (χ1v) is 10.9. The van der Waals surface area contributed by atoms with E-state index < -0.39 is 0 Å². The number of nitrogens with one attached hydrogen (secondary N) is 1. The molecule has 3 rings (SSSR count). The molecule has 25 heavy (non-hydrogen) atoms. The Labute approximate surface area is 154 Å². The van der Waals surface area contributed by atoms with Crippen LogP contribution in [0.3, 0.4) is 0 Å². The fourth-order valence-electron chi connectivity index (χ4n) is 4.63. The Hall–Kier alpha value is -1.24. The van der Waals surface area contributed by atoms with Gasteiger partial charge in [0.25, 0.3) is 0 Å². The van der Waals surface area contributed by atoms with Gasteiger partial charge in [-0.15, -0.1) is 0 Å². The lowest BCUT2D eigenvalue weighted by Crippen LogP contribution is -1.93. The molecule has 0 saturated carbocycles. The lowest BCUT2D eigenvalue weighted by atomic mass is 9.95. The Bertz CT molecular complexity index is 664. The maximum absolute atomic E-state index is 3.68. The highest BCUT2D eigenvalue weighted by Gasteiger charge is 2.19. The fraction of sp³-hybridized carbons (Fsp3) is 0.667. The number of fused-ring (bicyclic) bond motifs is 3. The Balaban J connectivity index is 1.44. The second-order valence-electron chi connectivity index (χ2n) is 8.15. The number of hydrogen-bond acceptors (Lipinski definition) is 0. The van der Waals surface area contributed by atoms with E-state index in [0.29, 0.717) is 0 Å². The second kappa shape index (κ2) is 9.46. The summed E-state index contributed by atoms with van der Waals surface area (Å²) in [5.41, 5.74) is 7.68. The van der Waals surface area contributed by atoms with Crippen LogP contribution < -0.4 is 0 Å². The van der Waals surface area contributed by atoms with Crippen molar-refractivity contribution in [1.29, 1.82) is 0 Å². The third-order valence-corrected chi connectivity index (χ3v) is 6.13. The molecule has 0 unspecified atom stereocenters. The molecule has 0 fully saturated rings. The molecular formula is C24H37N. The summed E-state index contributed by atoms with van der Waals surface area (Å²) in [5, 5.41) is 1.59. The molecule has 1 N–H and O–H groups in total. The molecule has 0 bridgehead atoms. The molecule has 1 heteroatoms. The molecule has 0 aliphatic heterocycles. The minimum absolute atomic E-state index is 1.25. The zero-order valence-electron chi connectivity index (χ0n) is 16.6. The average Bonchev–Trinajstić information content (AvgIpc) is 3.19. The first kappa shape index (κ1) is 18.5. The minimum atomic E-state index is 1.25. The van der Waals surface area contributed by atoms with E-state index in [1.807, 2.05) is 0 Å². The molecule has 0 radical (unpaired) electrons. The summed E-state index contributed by atoms with van der Waals surface area (Å²) in [6.45, 7) is 4.60. The van der Waals surface area contributed by atoms with Crippen LogP contribution in [0.25, 0.3) is 10.9 Å². The van der Waals surface area contributed by atoms with Crippen LogP contribution >= 0.6 is 0 Å². The topological polar surface area (TPSA) is 15.8 Å². The van der Waals surface area contributed by atoms with Crippen LogP contribution in [0.2, 0.25) is 0 Å². The Morgan fingerprint density at radius 1 is 0.840 bits per heavy atom. The molecule has 0 saturated heterocycles. The van der Waals surface area contributed by atoms with E-state index in [0.717, 1.165) is 0 Å². The Morgan fingerprint density at radius 3 is 2.24 bits per heavy atom. The van der Waals surface area contributed by atoms with Crippen molar-refractivity contribution in [2.45, 2.75) is 104 Å². The minimum Gasteiger partial charge on any atom is -0.358 e. The quantitative estimate of drug-likeness (QED) is 0.410. The van der Waals surface area contributed by atoms with Gasteiger partial charge in [0.1, 0.15) is 0 Å². The average molecular weight is 340 g/mol. The van der Waals surface area contributed by atoms with E-state index in [-0.39, 0.29) is 0 Å². The van der Waals surface area contributed by atoms with Crippen molar-refractivity contribution < 1.29 is 0 Å². The zero-order chi connectivity index (χ0) is 17.5. The largest absolute Gasteiger partial charge is 0.358 e.